The predicted octanol–water partition coefficient (Wildman–Crippen LogP) is 4.00. The molecule has 0 aliphatic carbocycles. The summed E-state index contributed by atoms with van der Waals surface area (Å²) in [5, 5.41) is 2.83. The van der Waals surface area contributed by atoms with Crippen LogP contribution in [0.25, 0.3) is 0 Å². The average molecular weight is 349 g/mol. The smallest absolute Gasteiger partial charge is 0.241 e. The Bertz CT molecular complexity index is 615. The van der Waals surface area contributed by atoms with Crippen molar-refractivity contribution in [2.24, 2.45) is 11.7 Å². The summed E-state index contributed by atoms with van der Waals surface area (Å²) in [6.45, 7) is 4.61. The topological polar surface area (TPSA) is 64.4 Å². The summed E-state index contributed by atoms with van der Waals surface area (Å²) in [5.41, 5.74) is 7.71. The van der Waals surface area contributed by atoms with E-state index in [1.54, 1.807) is 0 Å². The predicted molar refractivity (Wildman–Crippen MR) is 101 cm³/mol. The molecule has 24 heavy (non-hydrogen) atoms. The summed E-state index contributed by atoms with van der Waals surface area (Å²) in [5.74, 6) is 1.000. The molecule has 0 unspecified atom stereocenters. The standard InChI is InChI=1S/C19H24N2O2.ClH/c1-14(2)12-18(20)19(22)21-16-8-10-17(11-9-16)23-13-15-6-4-3-5-7-15;/h3-11,14,18H,12-13,20H2,1-2H3,(H,21,22);1H/t18-;/m0./s1. The Balaban J connectivity index is 0.00000288. The molecule has 0 fully saturated rings. The molecule has 5 heteroatoms. The average Bonchev–Trinajstić information content (AvgIpc) is 2.54. The van der Waals surface area contributed by atoms with Crippen LogP contribution >= 0.6 is 12.4 Å². The highest BCUT2D eigenvalue weighted by atomic mass is 35.5. The van der Waals surface area contributed by atoms with Crippen LogP contribution in [0.5, 0.6) is 5.75 Å². The van der Waals surface area contributed by atoms with Crippen LogP contribution in [-0.2, 0) is 11.4 Å². The van der Waals surface area contributed by atoms with Crippen molar-refractivity contribution in [2.45, 2.75) is 32.9 Å². The molecule has 3 N–H and O–H groups in total. The molecule has 0 saturated carbocycles. The van der Waals surface area contributed by atoms with Crippen molar-refractivity contribution < 1.29 is 9.53 Å². The first-order valence-electron chi connectivity index (χ1n) is 7.88. The molecule has 2 aromatic rings. The Morgan fingerprint density at radius 1 is 1.08 bits per heavy atom. The first kappa shape index (κ1) is 20.0. The molecule has 0 aromatic heterocycles. The van der Waals surface area contributed by atoms with Crippen molar-refractivity contribution in [3.63, 3.8) is 0 Å². The Kier molecular flexibility index (Phi) is 8.30. The maximum absolute atomic E-state index is 12.0. The highest BCUT2D eigenvalue weighted by Gasteiger charge is 2.14. The SMILES string of the molecule is CC(C)C[C@H](N)C(=O)Nc1ccc(OCc2ccccc2)cc1.Cl. The molecule has 2 rings (SSSR count). The fourth-order valence-corrected chi connectivity index (χ4v) is 2.23. The van der Waals surface area contributed by atoms with Crippen molar-refractivity contribution in [2.75, 3.05) is 5.32 Å². The number of hydrogen-bond acceptors (Lipinski definition) is 3. The first-order chi connectivity index (χ1) is 11.0. The summed E-state index contributed by atoms with van der Waals surface area (Å²) in [7, 11) is 0. The maximum Gasteiger partial charge on any atom is 0.241 e. The molecule has 0 radical (unpaired) electrons. The monoisotopic (exact) mass is 348 g/mol. The van der Waals surface area contributed by atoms with Crippen molar-refractivity contribution in [1.82, 2.24) is 0 Å². The zero-order valence-electron chi connectivity index (χ0n) is 14.1. The van der Waals surface area contributed by atoms with Gasteiger partial charge < -0.3 is 15.8 Å². The van der Waals surface area contributed by atoms with Gasteiger partial charge in [0.25, 0.3) is 0 Å². The lowest BCUT2D eigenvalue weighted by atomic mass is 10.0. The lowest BCUT2D eigenvalue weighted by Gasteiger charge is -2.14. The third-order valence-electron chi connectivity index (χ3n) is 3.43. The molecule has 0 aliphatic rings. The summed E-state index contributed by atoms with van der Waals surface area (Å²) in [4.78, 5) is 12.0. The molecule has 0 bridgehead atoms. The first-order valence-corrected chi connectivity index (χ1v) is 7.88. The highest BCUT2D eigenvalue weighted by molar-refractivity contribution is 5.94. The minimum Gasteiger partial charge on any atom is -0.489 e. The number of halogens is 1. The summed E-state index contributed by atoms with van der Waals surface area (Å²) in [6.07, 6.45) is 0.671. The van der Waals surface area contributed by atoms with Crippen LogP contribution in [-0.4, -0.2) is 11.9 Å². The maximum atomic E-state index is 12.0. The van der Waals surface area contributed by atoms with Crippen molar-refractivity contribution in [3.05, 3.63) is 60.2 Å². The number of amides is 1. The Hall–Kier alpha value is -2.04. The summed E-state index contributed by atoms with van der Waals surface area (Å²) < 4.78 is 5.71. The highest BCUT2D eigenvalue weighted by Crippen LogP contribution is 2.17. The van der Waals surface area contributed by atoms with E-state index in [9.17, 15) is 4.79 Å². The van der Waals surface area contributed by atoms with Crippen LogP contribution in [0.4, 0.5) is 5.69 Å². The van der Waals surface area contributed by atoms with E-state index in [4.69, 9.17) is 10.5 Å². The van der Waals surface area contributed by atoms with Crippen molar-refractivity contribution in [1.29, 1.82) is 0 Å². The molecule has 130 valence electrons. The zero-order valence-corrected chi connectivity index (χ0v) is 14.9. The molecule has 1 amide bonds. The van der Waals surface area contributed by atoms with Gasteiger partial charge in [0.05, 0.1) is 6.04 Å². The summed E-state index contributed by atoms with van der Waals surface area (Å²) >= 11 is 0. The van der Waals surface area contributed by atoms with Crippen molar-refractivity contribution in [3.8, 4) is 5.75 Å². The number of nitrogens with two attached hydrogens (primary N) is 1. The van der Waals surface area contributed by atoms with Gasteiger partial charge in [0, 0.05) is 5.69 Å². The molecule has 0 spiro atoms. The number of anilines is 1. The number of ether oxygens (including phenoxy) is 1. The summed E-state index contributed by atoms with van der Waals surface area (Å²) in [6, 6.07) is 16.8. The second-order valence-electron chi connectivity index (χ2n) is 6.02. The second-order valence-corrected chi connectivity index (χ2v) is 6.02. The van der Waals surface area contributed by atoms with E-state index in [1.165, 1.54) is 0 Å². The third-order valence-corrected chi connectivity index (χ3v) is 3.43. The molecule has 2 aromatic carbocycles. The van der Waals surface area contributed by atoms with E-state index in [0.717, 1.165) is 17.0 Å². The number of rotatable bonds is 7. The molecule has 0 aliphatic heterocycles. The zero-order chi connectivity index (χ0) is 16.7. The fourth-order valence-electron chi connectivity index (χ4n) is 2.23. The molecular weight excluding hydrogens is 324 g/mol. The van der Waals surface area contributed by atoms with E-state index in [-0.39, 0.29) is 18.3 Å². The van der Waals surface area contributed by atoms with Crippen LogP contribution < -0.4 is 15.8 Å². The van der Waals surface area contributed by atoms with E-state index >= 15 is 0 Å². The minimum atomic E-state index is -0.482. The molecule has 4 nitrogen and oxygen atoms in total. The van der Waals surface area contributed by atoms with Crippen LogP contribution in [0.3, 0.4) is 0 Å². The molecule has 0 heterocycles. The number of nitrogens with one attached hydrogen (secondary N) is 1. The quantitative estimate of drug-likeness (QED) is 0.794. The van der Waals surface area contributed by atoms with Gasteiger partial charge >= 0.3 is 0 Å². The molecule has 1 atom stereocenters. The number of carbonyl (C=O) groups excluding carboxylic acids is 1. The van der Waals surface area contributed by atoms with Crippen molar-refractivity contribution >= 4 is 24.0 Å². The number of benzene rings is 2. The largest absolute Gasteiger partial charge is 0.489 e. The lowest BCUT2D eigenvalue weighted by molar-refractivity contribution is -0.117. The van der Waals surface area contributed by atoms with Gasteiger partial charge in [-0.05, 0) is 42.2 Å². The van der Waals surface area contributed by atoms with Gasteiger partial charge in [-0.2, -0.15) is 0 Å². The van der Waals surface area contributed by atoms with Gasteiger partial charge in [-0.15, -0.1) is 12.4 Å². The van der Waals surface area contributed by atoms with Gasteiger partial charge in [-0.1, -0.05) is 44.2 Å². The van der Waals surface area contributed by atoms with E-state index < -0.39 is 6.04 Å². The number of hydrogen-bond donors (Lipinski definition) is 2. The molecule has 0 saturated heterocycles. The van der Waals surface area contributed by atoms with Gasteiger partial charge in [0.1, 0.15) is 12.4 Å². The van der Waals surface area contributed by atoms with Crippen LogP contribution in [0.2, 0.25) is 0 Å². The van der Waals surface area contributed by atoms with E-state index in [2.05, 4.69) is 5.32 Å². The van der Waals surface area contributed by atoms with Crippen LogP contribution in [0.1, 0.15) is 25.8 Å². The Morgan fingerprint density at radius 3 is 2.29 bits per heavy atom. The lowest BCUT2D eigenvalue weighted by Crippen LogP contribution is -2.36. The fraction of sp³-hybridized carbons (Fsp3) is 0.316. The van der Waals surface area contributed by atoms with Gasteiger partial charge in [0.15, 0.2) is 0 Å². The molecular formula is C19H25ClN2O2. The van der Waals surface area contributed by atoms with Gasteiger partial charge in [0.2, 0.25) is 5.91 Å². The van der Waals surface area contributed by atoms with E-state index in [1.807, 2.05) is 68.4 Å². The van der Waals surface area contributed by atoms with E-state index in [0.29, 0.717) is 18.9 Å². The van der Waals surface area contributed by atoms with Gasteiger partial charge in [-0.3, -0.25) is 4.79 Å². The van der Waals surface area contributed by atoms with Crippen LogP contribution in [0, 0.1) is 5.92 Å². The van der Waals surface area contributed by atoms with Crippen LogP contribution in [0.15, 0.2) is 54.6 Å². The normalized spacial score (nSPS) is 11.5. The van der Waals surface area contributed by atoms with Gasteiger partial charge in [-0.25, -0.2) is 0 Å². The minimum absolute atomic E-state index is 0. The third kappa shape index (κ3) is 6.60. The number of carbonyl (C=O) groups is 1. The Morgan fingerprint density at radius 2 is 1.71 bits per heavy atom. The second kappa shape index (κ2) is 9.96. The Labute approximate surface area is 149 Å².